The van der Waals surface area contributed by atoms with Gasteiger partial charge in [0.25, 0.3) is 5.88 Å². The lowest BCUT2D eigenvalue weighted by atomic mass is 9.77. The van der Waals surface area contributed by atoms with Crippen LogP contribution in [0.5, 0.6) is 11.8 Å². The van der Waals surface area contributed by atoms with Crippen LogP contribution in [0.15, 0.2) is 47.2 Å². The van der Waals surface area contributed by atoms with E-state index in [1.807, 2.05) is 0 Å². The molecule has 2 aliphatic carbocycles. The lowest BCUT2D eigenvalue weighted by molar-refractivity contribution is 0.0931. The summed E-state index contributed by atoms with van der Waals surface area (Å²) in [5.74, 6) is 2.08. The minimum Gasteiger partial charge on any atom is -0.491 e. The average molecular weight is 366 g/mol. The third-order valence-electron chi connectivity index (χ3n) is 5.22. The number of benzene rings is 1. The Kier molecular flexibility index (Phi) is 4.53. The standard InChI is InChI=1S/C20H19N3O3.H3N/c24-19-9-18(26-23-19)17-10-22-20(11-21-17)25-16-7-15(8-16)14-5-3-13(4-6-14)12-1-2-12;/h3-6,9-12,15-16H,1-2,7-8H2,(H,23,24);1H3/t15-,16+;. The van der Waals surface area contributed by atoms with Crippen LogP contribution in [0.25, 0.3) is 11.5 Å². The molecule has 0 unspecified atom stereocenters. The molecule has 0 spiro atoms. The molecule has 2 heterocycles. The van der Waals surface area contributed by atoms with Crippen molar-refractivity contribution in [2.45, 2.75) is 43.6 Å². The summed E-state index contributed by atoms with van der Waals surface area (Å²) in [6, 6.07) is 10.5. The molecule has 0 amide bonds. The van der Waals surface area contributed by atoms with Gasteiger partial charge in [-0.3, -0.25) is 0 Å². The number of hydrogen-bond acceptors (Lipinski definition) is 7. The molecule has 140 valence electrons. The van der Waals surface area contributed by atoms with Crippen LogP contribution in [-0.4, -0.2) is 26.3 Å². The second-order valence-corrected chi connectivity index (χ2v) is 7.14. The molecule has 0 aliphatic heterocycles. The van der Waals surface area contributed by atoms with Gasteiger partial charge in [-0.15, -0.1) is 0 Å². The first-order valence-electron chi connectivity index (χ1n) is 8.99. The Bertz CT molecular complexity index is 898. The second kappa shape index (κ2) is 7.00. The summed E-state index contributed by atoms with van der Waals surface area (Å²) < 4.78 is 10.9. The lowest BCUT2D eigenvalue weighted by Gasteiger charge is -2.35. The highest BCUT2D eigenvalue weighted by molar-refractivity contribution is 5.51. The molecule has 5 rings (SSSR count). The van der Waals surface area contributed by atoms with Gasteiger partial charge in [0.05, 0.1) is 18.5 Å². The Hall–Kier alpha value is -2.93. The quantitative estimate of drug-likeness (QED) is 0.695. The van der Waals surface area contributed by atoms with E-state index in [0.717, 1.165) is 18.8 Å². The Labute approximate surface area is 157 Å². The summed E-state index contributed by atoms with van der Waals surface area (Å²) in [6.07, 6.45) is 8.00. The van der Waals surface area contributed by atoms with E-state index in [2.05, 4.69) is 39.4 Å². The predicted molar refractivity (Wildman–Crippen MR) is 99.0 cm³/mol. The van der Waals surface area contributed by atoms with Gasteiger partial charge in [0.2, 0.25) is 5.88 Å². The predicted octanol–water partition coefficient (Wildman–Crippen LogP) is 4.20. The van der Waals surface area contributed by atoms with Gasteiger partial charge in [0, 0.05) is 0 Å². The van der Waals surface area contributed by atoms with Crippen LogP contribution in [0.4, 0.5) is 0 Å². The zero-order chi connectivity index (χ0) is 17.5. The van der Waals surface area contributed by atoms with Crippen LogP contribution >= 0.6 is 0 Å². The van der Waals surface area contributed by atoms with Crippen LogP contribution in [0.1, 0.15) is 48.6 Å². The van der Waals surface area contributed by atoms with E-state index >= 15 is 0 Å². The fraction of sp³-hybridized carbons (Fsp3) is 0.350. The molecule has 0 atom stereocenters. The SMILES string of the molecule is N.Oc1cc(-c2cnc(O[C@H]3C[C@@H](c4ccc(C5CC5)cc4)C3)cn2)on1. The van der Waals surface area contributed by atoms with E-state index in [4.69, 9.17) is 9.26 Å². The normalized spacial score (nSPS) is 21.2. The molecule has 0 saturated heterocycles. The van der Waals surface area contributed by atoms with E-state index in [0.29, 0.717) is 23.3 Å². The molecule has 27 heavy (non-hydrogen) atoms. The molecule has 2 fully saturated rings. The van der Waals surface area contributed by atoms with Crippen LogP contribution in [-0.2, 0) is 0 Å². The van der Waals surface area contributed by atoms with Crippen molar-refractivity contribution in [1.29, 1.82) is 0 Å². The summed E-state index contributed by atoms with van der Waals surface area (Å²) >= 11 is 0. The summed E-state index contributed by atoms with van der Waals surface area (Å²) in [5, 5.41) is 12.6. The van der Waals surface area contributed by atoms with Gasteiger partial charge in [-0.25, -0.2) is 9.97 Å². The Balaban J connectivity index is 0.00000180. The molecule has 7 nitrogen and oxygen atoms in total. The molecule has 2 aromatic heterocycles. The zero-order valence-corrected chi connectivity index (χ0v) is 14.9. The zero-order valence-electron chi connectivity index (χ0n) is 14.9. The first kappa shape index (κ1) is 17.5. The highest BCUT2D eigenvalue weighted by Gasteiger charge is 2.32. The van der Waals surface area contributed by atoms with Crippen molar-refractivity contribution < 1.29 is 14.4 Å². The number of ether oxygens (including phenoxy) is 1. The maximum absolute atomic E-state index is 9.21. The third-order valence-corrected chi connectivity index (χ3v) is 5.22. The maximum Gasteiger partial charge on any atom is 0.252 e. The van der Waals surface area contributed by atoms with Gasteiger partial charge in [-0.05, 0) is 53.8 Å². The number of hydrogen-bond donors (Lipinski definition) is 2. The Morgan fingerprint density at radius 3 is 2.22 bits per heavy atom. The van der Waals surface area contributed by atoms with Crippen molar-refractivity contribution in [2.75, 3.05) is 0 Å². The number of nitrogens with zero attached hydrogens (tertiary/aromatic N) is 3. The molecule has 4 N–H and O–H groups in total. The van der Waals surface area contributed by atoms with Crippen molar-refractivity contribution in [3.63, 3.8) is 0 Å². The van der Waals surface area contributed by atoms with Crippen molar-refractivity contribution in [3.05, 3.63) is 53.9 Å². The topological polar surface area (TPSA) is 116 Å². The first-order valence-corrected chi connectivity index (χ1v) is 8.99. The van der Waals surface area contributed by atoms with Crippen molar-refractivity contribution >= 4 is 0 Å². The van der Waals surface area contributed by atoms with Gasteiger partial charge < -0.3 is 20.5 Å². The van der Waals surface area contributed by atoms with Crippen LogP contribution in [0.3, 0.4) is 0 Å². The Morgan fingerprint density at radius 2 is 1.67 bits per heavy atom. The van der Waals surface area contributed by atoms with Crippen LogP contribution in [0.2, 0.25) is 0 Å². The van der Waals surface area contributed by atoms with E-state index in [1.54, 1.807) is 12.4 Å². The van der Waals surface area contributed by atoms with E-state index in [1.165, 1.54) is 30.0 Å². The summed E-state index contributed by atoms with van der Waals surface area (Å²) in [4.78, 5) is 8.52. The molecule has 7 heteroatoms. The van der Waals surface area contributed by atoms with E-state index < -0.39 is 0 Å². The second-order valence-electron chi connectivity index (χ2n) is 7.14. The van der Waals surface area contributed by atoms with Crippen molar-refractivity contribution in [2.24, 2.45) is 0 Å². The lowest BCUT2D eigenvalue weighted by Crippen LogP contribution is -2.32. The monoisotopic (exact) mass is 366 g/mol. The minimum atomic E-state index is -0.173. The number of aromatic nitrogens is 3. The van der Waals surface area contributed by atoms with Crippen LogP contribution < -0.4 is 10.9 Å². The summed E-state index contributed by atoms with van der Waals surface area (Å²) in [6.45, 7) is 0. The Morgan fingerprint density at radius 1 is 0.963 bits per heavy atom. The van der Waals surface area contributed by atoms with Gasteiger partial charge in [0.15, 0.2) is 5.76 Å². The number of rotatable bonds is 5. The maximum atomic E-state index is 9.21. The van der Waals surface area contributed by atoms with Gasteiger partial charge in [0.1, 0.15) is 11.8 Å². The highest BCUT2D eigenvalue weighted by atomic mass is 16.5. The molecule has 2 saturated carbocycles. The van der Waals surface area contributed by atoms with Gasteiger partial charge >= 0.3 is 0 Å². The minimum absolute atomic E-state index is 0. The van der Waals surface area contributed by atoms with E-state index in [-0.39, 0.29) is 18.1 Å². The van der Waals surface area contributed by atoms with Gasteiger partial charge in [-0.1, -0.05) is 24.3 Å². The molecular weight excluding hydrogens is 344 g/mol. The average Bonchev–Trinajstić information content (AvgIpc) is 3.40. The van der Waals surface area contributed by atoms with Gasteiger partial charge in [-0.2, -0.15) is 0 Å². The highest BCUT2D eigenvalue weighted by Crippen LogP contribution is 2.42. The molecule has 0 bridgehead atoms. The van der Waals surface area contributed by atoms with Crippen LogP contribution in [0, 0.1) is 0 Å². The molecular formula is C20H22N4O3. The molecule has 3 aromatic rings. The molecule has 1 aromatic carbocycles. The smallest absolute Gasteiger partial charge is 0.252 e. The summed E-state index contributed by atoms with van der Waals surface area (Å²) in [7, 11) is 0. The van der Waals surface area contributed by atoms with Crippen molar-refractivity contribution in [3.8, 4) is 23.2 Å². The molecule has 2 aliphatic rings. The largest absolute Gasteiger partial charge is 0.491 e. The van der Waals surface area contributed by atoms with E-state index in [9.17, 15) is 5.11 Å². The number of aromatic hydroxyl groups is 1. The fourth-order valence-electron chi connectivity index (χ4n) is 3.45. The molecule has 0 radical (unpaired) electrons. The first-order chi connectivity index (χ1) is 12.7. The summed E-state index contributed by atoms with van der Waals surface area (Å²) in [5.41, 5.74) is 3.39. The van der Waals surface area contributed by atoms with Crippen molar-refractivity contribution in [1.82, 2.24) is 21.3 Å². The fourth-order valence-corrected chi connectivity index (χ4v) is 3.45. The third kappa shape index (κ3) is 3.64.